The zero-order valence-electron chi connectivity index (χ0n) is 9.40. The summed E-state index contributed by atoms with van der Waals surface area (Å²) in [5.74, 6) is 0. The highest BCUT2D eigenvalue weighted by atomic mass is 79.9. The molecule has 1 unspecified atom stereocenters. The molecule has 2 heterocycles. The number of nitrogens with zero attached hydrogens (tertiary/aromatic N) is 2. The molecule has 1 aliphatic heterocycles. The molecule has 1 aromatic heterocycles. The second kappa shape index (κ2) is 4.31. The Morgan fingerprint density at radius 1 is 1.41 bits per heavy atom. The number of nitrogens with two attached hydrogens (primary N) is 1. The maximum absolute atomic E-state index is 5.86. The van der Waals surface area contributed by atoms with Gasteiger partial charge in [0.15, 0.2) is 6.23 Å². The van der Waals surface area contributed by atoms with Crippen LogP contribution in [-0.2, 0) is 4.74 Å². The molecule has 17 heavy (non-hydrogen) atoms. The first-order chi connectivity index (χ1) is 8.27. The van der Waals surface area contributed by atoms with E-state index in [0.717, 1.165) is 40.5 Å². The molecule has 4 nitrogen and oxygen atoms in total. The summed E-state index contributed by atoms with van der Waals surface area (Å²) in [5.41, 5.74) is 7.66. The van der Waals surface area contributed by atoms with Crippen LogP contribution in [0.25, 0.3) is 10.9 Å². The highest BCUT2D eigenvalue weighted by Crippen LogP contribution is 2.32. The van der Waals surface area contributed by atoms with Gasteiger partial charge in [-0.05, 0) is 47.3 Å². The van der Waals surface area contributed by atoms with Crippen LogP contribution < -0.4 is 5.73 Å². The molecule has 2 N–H and O–H groups in total. The van der Waals surface area contributed by atoms with Crippen molar-refractivity contribution in [3.8, 4) is 0 Å². The monoisotopic (exact) mass is 295 g/mol. The van der Waals surface area contributed by atoms with Gasteiger partial charge in [-0.2, -0.15) is 5.10 Å². The SMILES string of the molecule is Nc1ccc2c(cnn2C2CCCCO2)c1Br. The summed E-state index contributed by atoms with van der Waals surface area (Å²) >= 11 is 3.50. The number of nitrogen functional groups attached to an aromatic ring is 1. The summed E-state index contributed by atoms with van der Waals surface area (Å²) in [6.07, 6.45) is 5.28. The van der Waals surface area contributed by atoms with Gasteiger partial charge in [0.2, 0.25) is 0 Å². The molecule has 0 spiro atoms. The lowest BCUT2D eigenvalue weighted by molar-refractivity contribution is -0.0366. The molecule has 2 aromatic rings. The predicted molar refractivity (Wildman–Crippen MR) is 70.7 cm³/mol. The highest BCUT2D eigenvalue weighted by molar-refractivity contribution is 9.10. The van der Waals surface area contributed by atoms with Gasteiger partial charge < -0.3 is 10.5 Å². The summed E-state index contributed by atoms with van der Waals surface area (Å²) in [7, 11) is 0. The third-order valence-electron chi connectivity index (χ3n) is 3.17. The van der Waals surface area contributed by atoms with Crippen molar-refractivity contribution in [1.29, 1.82) is 0 Å². The Hall–Kier alpha value is -1.07. The van der Waals surface area contributed by atoms with Crippen molar-refractivity contribution in [3.05, 3.63) is 22.8 Å². The van der Waals surface area contributed by atoms with Crippen LogP contribution >= 0.6 is 15.9 Å². The summed E-state index contributed by atoms with van der Waals surface area (Å²) in [5, 5.41) is 5.47. The first kappa shape index (κ1) is 11.0. The minimum Gasteiger partial charge on any atom is -0.398 e. The van der Waals surface area contributed by atoms with Gasteiger partial charge in [0.25, 0.3) is 0 Å². The molecule has 1 saturated heterocycles. The van der Waals surface area contributed by atoms with E-state index in [4.69, 9.17) is 10.5 Å². The van der Waals surface area contributed by atoms with Gasteiger partial charge in [0, 0.05) is 17.7 Å². The summed E-state index contributed by atoms with van der Waals surface area (Å²) in [4.78, 5) is 0. The molecule has 5 heteroatoms. The van der Waals surface area contributed by atoms with E-state index in [0.29, 0.717) is 0 Å². The Kier molecular flexibility index (Phi) is 2.80. The smallest absolute Gasteiger partial charge is 0.150 e. The molecule has 0 aliphatic carbocycles. The molecule has 3 rings (SSSR count). The lowest BCUT2D eigenvalue weighted by Gasteiger charge is -2.23. The summed E-state index contributed by atoms with van der Waals surface area (Å²) in [6.45, 7) is 0.822. The molecule has 1 fully saturated rings. The summed E-state index contributed by atoms with van der Waals surface area (Å²) in [6, 6.07) is 3.90. The van der Waals surface area contributed by atoms with Crippen LogP contribution in [0.15, 0.2) is 22.8 Å². The van der Waals surface area contributed by atoms with Gasteiger partial charge in [-0.15, -0.1) is 0 Å². The maximum atomic E-state index is 5.86. The third-order valence-corrected chi connectivity index (χ3v) is 4.06. The lowest BCUT2D eigenvalue weighted by Crippen LogP contribution is -2.18. The quantitative estimate of drug-likeness (QED) is 0.823. The third kappa shape index (κ3) is 1.83. The molecule has 90 valence electrons. The van der Waals surface area contributed by atoms with E-state index >= 15 is 0 Å². The van der Waals surface area contributed by atoms with E-state index in [1.54, 1.807) is 0 Å². The van der Waals surface area contributed by atoms with Crippen molar-refractivity contribution in [2.45, 2.75) is 25.5 Å². The Balaban J connectivity index is 2.08. The molecular weight excluding hydrogens is 282 g/mol. The van der Waals surface area contributed by atoms with Gasteiger partial charge in [-0.25, -0.2) is 4.68 Å². The molecule has 1 aromatic carbocycles. The topological polar surface area (TPSA) is 53.1 Å². The van der Waals surface area contributed by atoms with E-state index in [1.165, 1.54) is 6.42 Å². The molecule has 0 radical (unpaired) electrons. The van der Waals surface area contributed by atoms with Crippen LogP contribution in [0.5, 0.6) is 0 Å². The first-order valence-corrected chi connectivity index (χ1v) is 6.59. The average molecular weight is 296 g/mol. The zero-order valence-corrected chi connectivity index (χ0v) is 11.0. The van der Waals surface area contributed by atoms with Crippen LogP contribution in [0.2, 0.25) is 0 Å². The zero-order chi connectivity index (χ0) is 11.8. The second-order valence-electron chi connectivity index (χ2n) is 4.31. The predicted octanol–water partition coefficient (Wildman–Crippen LogP) is 3.08. The Bertz CT molecular complexity index is 546. The van der Waals surface area contributed by atoms with Crippen molar-refractivity contribution >= 4 is 32.5 Å². The van der Waals surface area contributed by atoms with Crippen molar-refractivity contribution in [2.75, 3.05) is 12.3 Å². The van der Waals surface area contributed by atoms with Gasteiger partial charge in [-0.3, -0.25) is 0 Å². The number of rotatable bonds is 1. The normalized spacial score (nSPS) is 20.9. The molecular formula is C12H14BrN3O. The number of hydrogen-bond donors (Lipinski definition) is 1. The fourth-order valence-electron chi connectivity index (χ4n) is 2.25. The van der Waals surface area contributed by atoms with Crippen LogP contribution in [0.1, 0.15) is 25.5 Å². The number of halogens is 1. The lowest BCUT2D eigenvalue weighted by atomic mass is 10.2. The van der Waals surface area contributed by atoms with E-state index in [-0.39, 0.29) is 6.23 Å². The largest absolute Gasteiger partial charge is 0.398 e. The van der Waals surface area contributed by atoms with Gasteiger partial charge >= 0.3 is 0 Å². The van der Waals surface area contributed by atoms with Crippen LogP contribution in [-0.4, -0.2) is 16.4 Å². The molecule has 1 aliphatic rings. The van der Waals surface area contributed by atoms with Crippen molar-refractivity contribution < 1.29 is 4.74 Å². The Labute approximate surface area is 108 Å². The van der Waals surface area contributed by atoms with Crippen molar-refractivity contribution in [2.24, 2.45) is 0 Å². The maximum Gasteiger partial charge on any atom is 0.150 e. The summed E-state index contributed by atoms with van der Waals surface area (Å²) < 4.78 is 8.63. The Morgan fingerprint density at radius 2 is 2.29 bits per heavy atom. The number of aromatic nitrogens is 2. The van der Waals surface area contributed by atoms with E-state index < -0.39 is 0 Å². The second-order valence-corrected chi connectivity index (χ2v) is 5.10. The number of fused-ring (bicyclic) bond motifs is 1. The van der Waals surface area contributed by atoms with Crippen LogP contribution in [0.3, 0.4) is 0 Å². The standard InChI is InChI=1S/C12H14BrN3O/c13-12-8-7-15-16(10(8)5-4-9(12)14)11-3-1-2-6-17-11/h4-5,7,11H,1-3,6,14H2. The molecule has 0 amide bonds. The number of anilines is 1. The highest BCUT2D eigenvalue weighted by Gasteiger charge is 2.19. The van der Waals surface area contributed by atoms with E-state index in [1.807, 2.05) is 23.0 Å². The molecule has 0 saturated carbocycles. The van der Waals surface area contributed by atoms with E-state index in [2.05, 4.69) is 21.0 Å². The van der Waals surface area contributed by atoms with Crippen molar-refractivity contribution in [3.63, 3.8) is 0 Å². The minimum absolute atomic E-state index is 0.0665. The molecule has 0 bridgehead atoms. The van der Waals surface area contributed by atoms with Crippen LogP contribution in [0.4, 0.5) is 5.69 Å². The molecule has 1 atom stereocenters. The van der Waals surface area contributed by atoms with Gasteiger partial charge in [-0.1, -0.05) is 0 Å². The fourth-order valence-corrected chi connectivity index (χ4v) is 2.69. The Morgan fingerprint density at radius 3 is 3.06 bits per heavy atom. The number of ether oxygens (including phenoxy) is 1. The number of hydrogen-bond acceptors (Lipinski definition) is 3. The number of benzene rings is 1. The van der Waals surface area contributed by atoms with E-state index in [9.17, 15) is 0 Å². The minimum atomic E-state index is 0.0665. The van der Waals surface area contributed by atoms with Crippen molar-refractivity contribution in [1.82, 2.24) is 9.78 Å². The fraction of sp³-hybridized carbons (Fsp3) is 0.417. The van der Waals surface area contributed by atoms with Crippen LogP contribution in [0, 0.1) is 0 Å². The first-order valence-electron chi connectivity index (χ1n) is 5.80. The van der Waals surface area contributed by atoms with Gasteiger partial charge in [0.1, 0.15) is 0 Å². The average Bonchev–Trinajstić information content (AvgIpc) is 2.79. The van der Waals surface area contributed by atoms with Gasteiger partial charge in [0.05, 0.1) is 16.2 Å².